The molecular formula is C28H23Cl2N3. The first-order chi connectivity index (χ1) is 16.2. The summed E-state index contributed by atoms with van der Waals surface area (Å²) >= 11 is 12.6. The maximum atomic E-state index is 6.37. The van der Waals surface area contributed by atoms with Crippen LogP contribution < -0.4 is 4.90 Å². The van der Waals surface area contributed by atoms with Crippen molar-refractivity contribution >= 4 is 34.5 Å². The molecule has 5 heteroatoms. The molecule has 0 radical (unpaired) electrons. The summed E-state index contributed by atoms with van der Waals surface area (Å²) in [6, 6.07) is 21.1. The molecule has 3 aromatic carbocycles. The molecule has 0 fully saturated rings. The maximum Gasteiger partial charge on any atom is 0.0954 e. The largest absolute Gasteiger partial charge is 0.367 e. The molecule has 0 saturated carbocycles. The molecule has 0 spiro atoms. The Labute approximate surface area is 203 Å². The Hall–Kier alpha value is -3.01. The molecule has 2 aliphatic rings. The maximum absolute atomic E-state index is 6.37. The highest BCUT2D eigenvalue weighted by atomic mass is 35.5. The Morgan fingerprint density at radius 3 is 2.58 bits per heavy atom. The first kappa shape index (κ1) is 20.6. The highest BCUT2D eigenvalue weighted by Crippen LogP contribution is 2.43. The summed E-state index contributed by atoms with van der Waals surface area (Å²) < 4.78 is 2.17. The zero-order valence-corrected chi connectivity index (χ0v) is 19.6. The molecule has 0 bridgehead atoms. The van der Waals surface area contributed by atoms with Gasteiger partial charge >= 0.3 is 0 Å². The van der Waals surface area contributed by atoms with Gasteiger partial charge in [-0.1, -0.05) is 59.6 Å². The van der Waals surface area contributed by atoms with Crippen molar-refractivity contribution in [2.24, 2.45) is 0 Å². The minimum Gasteiger partial charge on any atom is -0.367 e. The fraction of sp³-hybridized carbons (Fsp3) is 0.179. The number of aromatic nitrogens is 2. The number of rotatable bonds is 4. The Kier molecular flexibility index (Phi) is 5.24. The predicted molar refractivity (Wildman–Crippen MR) is 136 cm³/mol. The van der Waals surface area contributed by atoms with Crippen LogP contribution in [-0.4, -0.2) is 22.6 Å². The van der Waals surface area contributed by atoms with Crippen molar-refractivity contribution in [1.29, 1.82) is 0 Å². The van der Waals surface area contributed by atoms with Crippen molar-refractivity contribution in [3.8, 4) is 0 Å². The lowest BCUT2D eigenvalue weighted by Gasteiger charge is -2.37. The first-order valence-corrected chi connectivity index (χ1v) is 12.0. The molecule has 0 amide bonds. The highest BCUT2D eigenvalue weighted by Gasteiger charge is 2.28. The van der Waals surface area contributed by atoms with E-state index in [1.165, 1.54) is 39.9 Å². The summed E-state index contributed by atoms with van der Waals surface area (Å²) in [6.45, 7) is 2.03. The van der Waals surface area contributed by atoms with E-state index in [9.17, 15) is 0 Å². The van der Waals surface area contributed by atoms with Crippen molar-refractivity contribution in [2.45, 2.75) is 18.9 Å². The van der Waals surface area contributed by atoms with Crippen LogP contribution >= 0.6 is 23.2 Å². The fourth-order valence-corrected chi connectivity index (χ4v) is 5.56. The number of hydrogen-bond donors (Lipinski definition) is 0. The van der Waals surface area contributed by atoms with Gasteiger partial charge in [-0.3, -0.25) is 0 Å². The van der Waals surface area contributed by atoms with E-state index in [1.54, 1.807) is 0 Å². The van der Waals surface area contributed by atoms with E-state index in [0.29, 0.717) is 0 Å². The van der Waals surface area contributed by atoms with E-state index in [2.05, 4.69) is 56.9 Å². The van der Waals surface area contributed by atoms with Crippen molar-refractivity contribution < 1.29 is 0 Å². The lowest BCUT2D eigenvalue weighted by Crippen LogP contribution is -2.33. The van der Waals surface area contributed by atoms with Crippen LogP contribution in [0.15, 0.2) is 85.5 Å². The number of halogens is 2. The summed E-state index contributed by atoms with van der Waals surface area (Å²) in [7, 11) is 0. The number of benzene rings is 3. The van der Waals surface area contributed by atoms with E-state index in [0.717, 1.165) is 35.1 Å². The minimum absolute atomic E-state index is 0.0178. The second-order valence-corrected chi connectivity index (χ2v) is 9.59. The molecule has 0 N–H and O–H groups in total. The summed E-state index contributed by atoms with van der Waals surface area (Å²) in [4.78, 5) is 6.85. The Bertz CT molecular complexity index is 1340. The lowest BCUT2D eigenvalue weighted by molar-refractivity contribution is 0.669. The summed E-state index contributed by atoms with van der Waals surface area (Å²) in [6.07, 6.45) is 10.4. The second-order valence-electron chi connectivity index (χ2n) is 8.72. The van der Waals surface area contributed by atoms with Crippen molar-refractivity contribution in [2.75, 3.05) is 18.0 Å². The van der Waals surface area contributed by atoms with Crippen LogP contribution in [-0.2, 0) is 6.42 Å². The fourth-order valence-electron chi connectivity index (χ4n) is 5.25. The number of anilines is 1. The molecule has 4 aromatic rings. The lowest BCUT2D eigenvalue weighted by atomic mass is 9.84. The molecule has 2 aliphatic heterocycles. The Balaban J connectivity index is 1.56. The van der Waals surface area contributed by atoms with Gasteiger partial charge in [0.1, 0.15) is 0 Å². The molecule has 6 rings (SSSR count). The first-order valence-electron chi connectivity index (χ1n) is 11.3. The molecule has 1 atom stereocenters. The zero-order chi connectivity index (χ0) is 22.4. The van der Waals surface area contributed by atoms with Crippen LogP contribution in [0.25, 0.3) is 5.57 Å². The molecular weight excluding hydrogens is 449 g/mol. The summed E-state index contributed by atoms with van der Waals surface area (Å²) in [5.74, 6) is 0. The summed E-state index contributed by atoms with van der Waals surface area (Å²) in [5.41, 5.74) is 8.94. The van der Waals surface area contributed by atoms with Gasteiger partial charge < -0.3 is 9.47 Å². The molecule has 33 heavy (non-hydrogen) atoms. The van der Waals surface area contributed by atoms with Gasteiger partial charge in [0, 0.05) is 46.8 Å². The van der Waals surface area contributed by atoms with E-state index in [-0.39, 0.29) is 6.04 Å². The van der Waals surface area contributed by atoms with Crippen molar-refractivity contribution in [3.63, 3.8) is 0 Å². The number of nitrogens with zero attached hydrogens (tertiary/aromatic N) is 3. The quantitative estimate of drug-likeness (QED) is 0.318. The van der Waals surface area contributed by atoms with Gasteiger partial charge in [-0.05, 0) is 71.0 Å². The van der Waals surface area contributed by atoms with Crippen LogP contribution in [0.3, 0.4) is 0 Å². The zero-order valence-electron chi connectivity index (χ0n) is 18.1. The average molecular weight is 472 g/mol. The third-order valence-electron chi connectivity index (χ3n) is 6.67. The van der Waals surface area contributed by atoms with Gasteiger partial charge in [-0.25, -0.2) is 4.98 Å². The van der Waals surface area contributed by atoms with Gasteiger partial charge in [0.2, 0.25) is 0 Å². The smallest absolute Gasteiger partial charge is 0.0954 e. The van der Waals surface area contributed by atoms with Crippen LogP contribution in [0.1, 0.15) is 40.3 Å². The van der Waals surface area contributed by atoms with E-state index < -0.39 is 0 Å². The molecule has 3 nitrogen and oxygen atoms in total. The number of hydrogen-bond acceptors (Lipinski definition) is 2. The van der Waals surface area contributed by atoms with Gasteiger partial charge in [-0.15, -0.1) is 0 Å². The highest BCUT2D eigenvalue weighted by molar-refractivity contribution is 6.31. The van der Waals surface area contributed by atoms with Crippen LogP contribution in [0, 0.1) is 0 Å². The topological polar surface area (TPSA) is 21.1 Å². The average Bonchev–Trinajstić information content (AvgIpc) is 3.35. The third-order valence-corrected chi connectivity index (χ3v) is 7.15. The number of imidazole rings is 1. The summed E-state index contributed by atoms with van der Waals surface area (Å²) in [5, 5.41) is 1.50. The van der Waals surface area contributed by atoms with E-state index >= 15 is 0 Å². The van der Waals surface area contributed by atoms with Crippen molar-refractivity contribution in [3.05, 3.63) is 123 Å². The molecule has 0 saturated heterocycles. The Morgan fingerprint density at radius 1 is 0.909 bits per heavy atom. The van der Waals surface area contributed by atoms with Gasteiger partial charge in [-0.2, -0.15) is 0 Å². The van der Waals surface area contributed by atoms with Gasteiger partial charge in [0.15, 0.2) is 0 Å². The van der Waals surface area contributed by atoms with Crippen LogP contribution in [0.5, 0.6) is 0 Å². The SMILES string of the molecule is Clc1ccc(C(c2cc3c4c(c2)C(c2cccc(Cl)c2)=CCN4CCC3)n2ccnc2)cc1. The minimum atomic E-state index is 0.0178. The van der Waals surface area contributed by atoms with Crippen LogP contribution in [0.2, 0.25) is 10.0 Å². The van der Waals surface area contributed by atoms with E-state index in [1.807, 2.05) is 43.0 Å². The second kappa shape index (κ2) is 8.40. The molecule has 3 heterocycles. The molecule has 1 aromatic heterocycles. The normalized spacial score (nSPS) is 15.7. The third kappa shape index (κ3) is 3.76. The predicted octanol–water partition coefficient (Wildman–Crippen LogP) is 7.03. The van der Waals surface area contributed by atoms with Crippen molar-refractivity contribution in [1.82, 2.24) is 9.55 Å². The van der Waals surface area contributed by atoms with Crippen LogP contribution in [0.4, 0.5) is 5.69 Å². The Morgan fingerprint density at radius 2 is 1.79 bits per heavy atom. The number of aryl methyl sites for hydroxylation is 1. The van der Waals surface area contributed by atoms with E-state index in [4.69, 9.17) is 23.2 Å². The molecule has 1 unspecified atom stereocenters. The monoisotopic (exact) mass is 471 g/mol. The molecule has 164 valence electrons. The van der Waals surface area contributed by atoms with Gasteiger partial charge in [0.05, 0.1) is 12.4 Å². The standard InChI is InChI=1S/C28H23Cl2N3/c29-23-8-6-19(7-9-23)27(33-14-11-31-18-33)22-15-21-4-2-12-32-13-10-25(26(17-22)28(21)32)20-3-1-5-24(30)16-20/h1,3,5-11,14-18,27H,2,4,12-13H2. The molecule has 0 aliphatic carbocycles. The van der Waals surface area contributed by atoms with Gasteiger partial charge in [0.25, 0.3) is 0 Å².